The number of nitrogens with zero attached hydrogens (tertiary/aromatic N) is 1. The Morgan fingerprint density at radius 3 is 2.74 bits per heavy atom. The van der Waals surface area contributed by atoms with Gasteiger partial charge in [-0.2, -0.15) is 0 Å². The van der Waals surface area contributed by atoms with E-state index in [0.29, 0.717) is 11.6 Å². The second kappa shape index (κ2) is 8.20. The number of benzene rings is 1. The maximum atomic E-state index is 12.5. The number of anilines is 1. The summed E-state index contributed by atoms with van der Waals surface area (Å²) in [4.78, 5) is 41.3. The number of para-hydroxylation sites is 1. The molecule has 0 unspecified atom stereocenters. The quantitative estimate of drug-likeness (QED) is 0.601. The lowest BCUT2D eigenvalue weighted by Gasteiger charge is -2.23. The van der Waals surface area contributed by atoms with Crippen molar-refractivity contribution in [2.75, 3.05) is 18.1 Å². The van der Waals surface area contributed by atoms with Crippen molar-refractivity contribution in [3.8, 4) is 0 Å². The second-order valence-corrected chi connectivity index (χ2v) is 6.89. The van der Waals surface area contributed by atoms with Crippen LogP contribution in [0.15, 0.2) is 42.6 Å². The van der Waals surface area contributed by atoms with E-state index >= 15 is 0 Å². The normalized spacial score (nSPS) is 17.8. The van der Waals surface area contributed by atoms with Crippen LogP contribution < -0.4 is 4.90 Å². The molecule has 0 bridgehead atoms. The van der Waals surface area contributed by atoms with Gasteiger partial charge in [0.05, 0.1) is 11.6 Å². The Hall–Kier alpha value is -2.89. The lowest BCUT2D eigenvalue weighted by molar-refractivity contribution is -0.147. The highest BCUT2D eigenvalue weighted by atomic mass is 16.5. The number of esters is 1. The minimum absolute atomic E-state index is 0.0941. The van der Waals surface area contributed by atoms with Crippen LogP contribution in [0.25, 0.3) is 0 Å². The Labute approximate surface area is 158 Å². The molecule has 1 amide bonds. The molecule has 1 aromatic carbocycles. The van der Waals surface area contributed by atoms with Crippen LogP contribution in [-0.4, -0.2) is 35.8 Å². The van der Waals surface area contributed by atoms with Crippen LogP contribution in [0.4, 0.5) is 5.69 Å². The monoisotopic (exact) mass is 368 g/mol. The molecule has 1 aromatic heterocycles. The first-order valence-electron chi connectivity index (χ1n) is 9.23. The van der Waals surface area contributed by atoms with E-state index in [1.807, 2.05) is 24.3 Å². The highest BCUT2D eigenvalue weighted by Crippen LogP contribution is 2.33. The molecule has 0 spiro atoms. The van der Waals surface area contributed by atoms with Gasteiger partial charge >= 0.3 is 5.97 Å². The van der Waals surface area contributed by atoms with Gasteiger partial charge in [0.1, 0.15) is 0 Å². The molecular formula is C21H24N2O4. The Kier molecular flexibility index (Phi) is 5.74. The number of Topliss-reactive ketones (excluding diaryl/α,β-unsaturated/α-hetero) is 1. The third-order valence-corrected chi connectivity index (χ3v) is 5.07. The van der Waals surface area contributed by atoms with Crippen molar-refractivity contribution < 1.29 is 19.1 Å². The third-order valence-electron chi connectivity index (χ3n) is 5.07. The minimum atomic E-state index is -0.557. The third kappa shape index (κ3) is 4.10. The van der Waals surface area contributed by atoms with Gasteiger partial charge in [-0.25, -0.2) is 0 Å². The summed E-state index contributed by atoms with van der Waals surface area (Å²) in [6.07, 6.45) is 2.70. The number of H-pyrrole nitrogens is 1. The molecule has 0 aliphatic carbocycles. The first-order chi connectivity index (χ1) is 13.0. The van der Waals surface area contributed by atoms with Crippen LogP contribution in [0.5, 0.6) is 0 Å². The number of aromatic amines is 1. The smallest absolute Gasteiger partial charge is 0.311 e. The number of carbonyl (C=O) groups is 3. The van der Waals surface area contributed by atoms with Gasteiger partial charge in [-0.3, -0.25) is 14.4 Å². The summed E-state index contributed by atoms with van der Waals surface area (Å²) in [7, 11) is 0. The molecule has 6 nitrogen and oxygen atoms in total. The van der Waals surface area contributed by atoms with E-state index < -0.39 is 11.9 Å². The van der Waals surface area contributed by atoms with Gasteiger partial charge in [0, 0.05) is 24.8 Å². The highest BCUT2D eigenvalue weighted by Gasteiger charge is 2.37. The Balaban J connectivity index is 1.65. The molecule has 3 rings (SSSR count). The van der Waals surface area contributed by atoms with Crippen LogP contribution in [0.3, 0.4) is 0 Å². The molecule has 27 heavy (non-hydrogen) atoms. The molecule has 2 heterocycles. The number of hydrogen-bond donors (Lipinski definition) is 1. The zero-order valence-corrected chi connectivity index (χ0v) is 15.6. The average molecular weight is 368 g/mol. The van der Waals surface area contributed by atoms with Crippen molar-refractivity contribution in [1.29, 1.82) is 0 Å². The number of ketones is 1. The van der Waals surface area contributed by atoms with Gasteiger partial charge < -0.3 is 14.6 Å². The van der Waals surface area contributed by atoms with Gasteiger partial charge in [0.25, 0.3) is 0 Å². The SMILES string of the molecule is CC[C@@H](C)c1ccccc1N1C[C@@H](C(=O)OCC(=O)c2ccc[nH]2)CC1=O. The topological polar surface area (TPSA) is 79.5 Å². The van der Waals surface area contributed by atoms with Crippen LogP contribution in [0, 0.1) is 5.92 Å². The summed E-state index contributed by atoms with van der Waals surface area (Å²) < 4.78 is 5.16. The van der Waals surface area contributed by atoms with Gasteiger partial charge in [-0.1, -0.05) is 32.0 Å². The van der Waals surface area contributed by atoms with Crippen molar-refractivity contribution >= 4 is 23.3 Å². The summed E-state index contributed by atoms with van der Waals surface area (Å²) in [5.41, 5.74) is 2.35. The maximum absolute atomic E-state index is 12.5. The van der Waals surface area contributed by atoms with E-state index in [1.165, 1.54) is 0 Å². The largest absolute Gasteiger partial charge is 0.457 e. The molecule has 1 saturated heterocycles. The summed E-state index contributed by atoms with van der Waals surface area (Å²) in [5, 5.41) is 0. The Morgan fingerprint density at radius 1 is 1.26 bits per heavy atom. The fourth-order valence-corrected chi connectivity index (χ4v) is 3.30. The maximum Gasteiger partial charge on any atom is 0.311 e. The molecule has 2 atom stereocenters. The number of amides is 1. The number of carbonyl (C=O) groups excluding carboxylic acids is 3. The number of nitrogens with one attached hydrogen (secondary N) is 1. The van der Waals surface area contributed by atoms with Crippen LogP contribution in [-0.2, 0) is 14.3 Å². The first-order valence-corrected chi connectivity index (χ1v) is 9.23. The van der Waals surface area contributed by atoms with E-state index in [2.05, 4.69) is 18.8 Å². The zero-order valence-electron chi connectivity index (χ0n) is 15.6. The predicted octanol–water partition coefficient (Wildman–Crippen LogP) is 3.31. The number of ether oxygens (including phenoxy) is 1. The van der Waals surface area contributed by atoms with Crippen molar-refractivity contribution in [3.63, 3.8) is 0 Å². The lowest BCUT2D eigenvalue weighted by atomic mass is 9.96. The fourth-order valence-electron chi connectivity index (χ4n) is 3.30. The molecular weight excluding hydrogens is 344 g/mol. The standard InChI is InChI=1S/C21H24N2O4/c1-3-14(2)16-7-4-5-9-18(16)23-12-15(11-20(23)25)21(26)27-13-19(24)17-8-6-10-22-17/h4-10,14-15,22H,3,11-13H2,1-2H3/t14-,15+/m1/s1. The first kappa shape index (κ1) is 18.9. The van der Waals surface area contributed by atoms with Gasteiger partial charge in [-0.15, -0.1) is 0 Å². The average Bonchev–Trinajstić information content (AvgIpc) is 3.35. The molecule has 1 aliphatic rings. The molecule has 142 valence electrons. The summed E-state index contributed by atoms with van der Waals surface area (Å²) in [5.74, 6) is -1.14. The number of aromatic nitrogens is 1. The van der Waals surface area contributed by atoms with Crippen LogP contribution in [0.2, 0.25) is 0 Å². The van der Waals surface area contributed by atoms with Gasteiger partial charge in [0.15, 0.2) is 6.61 Å². The highest BCUT2D eigenvalue weighted by molar-refractivity contribution is 6.01. The van der Waals surface area contributed by atoms with Crippen LogP contribution >= 0.6 is 0 Å². The van der Waals surface area contributed by atoms with Crippen LogP contribution in [0.1, 0.15) is 48.7 Å². The number of hydrogen-bond acceptors (Lipinski definition) is 4. The molecule has 1 aliphatic heterocycles. The molecule has 0 radical (unpaired) electrons. The van der Waals surface area contributed by atoms with E-state index in [1.54, 1.807) is 23.2 Å². The van der Waals surface area contributed by atoms with Crippen molar-refractivity contribution in [2.45, 2.75) is 32.6 Å². The molecule has 1 N–H and O–H groups in total. The molecule has 0 saturated carbocycles. The summed E-state index contributed by atoms with van der Waals surface area (Å²) >= 11 is 0. The molecule has 2 aromatic rings. The van der Waals surface area contributed by atoms with Crippen molar-refractivity contribution in [3.05, 3.63) is 53.9 Å². The van der Waals surface area contributed by atoms with E-state index in [0.717, 1.165) is 17.7 Å². The lowest BCUT2D eigenvalue weighted by Crippen LogP contribution is -2.28. The second-order valence-electron chi connectivity index (χ2n) is 6.89. The van der Waals surface area contributed by atoms with E-state index in [9.17, 15) is 14.4 Å². The number of rotatable bonds is 7. The molecule has 1 fully saturated rings. The Bertz CT molecular complexity index is 828. The summed E-state index contributed by atoms with van der Waals surface area (Å²) in [6, 6.07) is 11.1. The Morgan fingerprint density at radius 2 is 2.04 bits per heavy atom. The van der Waals surface area contributed by atoms with Crippen molar-refractivity contribution in [2.24, 2.45) is 5.92 Å². The fraction of sp³-hybridized carbons (Fsp3) is 0.381. The molecule has 6 heteroatoms. The minimum Gasteiger partial charge on any atom is -0.457 e. The van der Waals surface area contributed by atoms with E-state index in [-0.39, 0.29) is 31.3 Å². The summed E-state index contributed by atoms with van der Waals surface area (Å²) in [6.45, 7) is 4.18. The predicted molar refractivity (Wildman–Crippen MR) is 102 cm³/mol. The van der Waals surface area contributed by atoms with Gasteiger partial charge in [0.2, 0.25) is 11.7 Å². The zero-order chi connectivity index (χ0) is 19.4. The van der Waals surface area contributed by atoms with Gasteiger partial charge in [-0.05, 0) is 36.1 Å². The van der Waals surface area contributed by atoms with Crippen molar-refractivity contribution in [1.82, 2.24) is 4.98 Å². The van der Waals surface area contributed by atoms with E-state index in [4.69, 9.17) is 4.74 Å².